The first-order chi connectivity index (χ1) is 21.1. The van der Waals surface area contributed by atoms with Crippen molar-refractivity contribution >= 4 is 40.8 Å². The fourth-order valence-electron chi connectivity index (χ4n) is 5.98. The number of rotatable bonds is 7. The Kier molecular flexibility index (Phi) is 7.91. The second-order valence-electron chi connectivity index (χ2n) is 14.4. The molecule has 1 radical (unpaired) electrons. The first kappa shape index (κ1) is 31.4. The van der Waals surface area contributed by atoms with E-state index in [2.05, 4.69) is 35.3 Å². The summed E-state index contributed by atoms with van der Waals surface area (Å²) in [5, 5.41) is 12.5. The highest BCUT2D eigenvalue weighted by molar-refractivity contribution is 6.47. The van der Waals surface area contributed by atoms with E-state index in [1.54, 1.807) is 33.3 Å². The Balaban J connectivity index is 1.31. The molecule has 2 aliphatic rings. The average molecular weight is 613 g/mol. The highest BCUT2D eigenvalue weighted by Gasteiger charge is 2.40. The predicted octanol–water partition coefficient (Wildman–Crippen LogP) is 6.03. The van der Waals surface area contributed by atoms with Gasteiger partial charge in [-0.25, -0.2) is 9.78 Å². The van der Waals surface area contributed by atoms with E-state index in [1.807, 2.05) is 46.8 Å². The summed E-state index contributed by atoms with van der Waals surface area (Å²) in [5.41, 5.74) is 3.52. The van der Waals surface area contributed by atoms with Crippen LogP contribution < -0.4 is 10.2 Å². The molecular weight excluding hydrogens is 569 g/mol. The van der Waals surface area contributed by atoms with E-state index in [-0.39, 0.29) is 18.1 Å². The predicted molar refractivity (Wildman–Crippen MR) is 176 cm³/mol. The van der Waals surface area contributed by atoms with Crippen LogP contribution in [0.1, 0.15) is 72.3 Å². The van der Waals surface area contributed by atoms with Crippen LogP contribution in [0.2, 0.25) is 0 Å². The van der Waals surface area contributed by atoms with Crippen LogP contribution in [0.4, 0.5) is 4.79 Å². The van der Waals surface area contributed by atoms with Crippen molar-refractivity contribution in [2.75, 3.05) is 20.3 Å². The molecule has 2 unspecified atom stereocenters. The van der Waals surface area contributed by atoms with Crippen molar-refractivity contribution in [2.45, 2.75) is 84.3 Å². The maximum atomic E-state index is 13.2. The summed E-state index contributed by atoms with van der Waals surface area (Å²) >= 11 is 0. The average Bonchev–Trinajstić information content (AvgIpc) is 3.58. The Labute approximate surface area is 265 Å². The molecule has 10 heteroatoms. The summed E-state index contributed by atoms with van der Waals surface area (Å²) in [7, 11) is 3.39. The van der Waals surface area contributed by atoms with Crippen molar-refractivity contribution < 1.29 is 28.8 Å². The molecule has 1 fully saturated rings. The van der Waals surface area contributed by atoms with Crippen LogP contribution in [0, 0.1) is 5.92 Å². The minimum Gasteiger partial charge on any atom is -0.488 e. The Morgan fingerprint density at radius 2 is 1.87 bits per heavy atom. The van der Waals surface area contributed by atoms with Gasteiger partial charge in [0.05, 0.1) is 34.9 Å². The lowest BCUT2D eigenvalue weighted by Gasteiger charge is -2.37. The Morgan fingerprint density at radius 1 is 1.09 bits per heavy atom. The fourth-order valence-corrected chi connectivity index (χ4v) is 5.98. The maximum Gasteiger partial charge on any atom is 0.410 e. The molecule has 3 aromatic carbocycles. The van der Waals surface area contributed by atoms with E-state index in [4.69, 9.17) is 23.8 Å². The summed E-state index contributed by atoms with van der Waals surface area (Å²) in [6.07, 6.45) is 0.394. The third-order valence-electron chi connectivity index (χ3n) is 9.09. The Morgan fingerprint density at radius 3 is 2.58 bits per heavy atom. The zero-order valence-corrected chi connectivity index (χ0v) is 27.5. The number of nitrogens with one attached hydrogen (secondary N) is 1. The zero-order valence-electron chi connectivity index (χ0n) is 27.5. The number of aliphatic hydroxyl groups is 1. The highest BCUT2D eigenvalue weighted by atomic mass is 16.6. The fraction of sp³-hybridized carbons (Fsp3) is 0.486. The first-order valence-electron chi connectivity index (χ1n) is 15.6. The van der Waals surface area contributed by atoms with Gasteiger partial charge in [0, 0.05) is 30.5 Å². The molecule has 1 amide bonds. The lowest BCUT2D eigenvalue weighted by molar-refractivity contribution is -0.0893. The van der Waals surface area contributed by atoms with Gasteiger partial charge in [0.1, 0.15) is 23.8 Å². The number of aromatic nitrogens is 2. The van der Waals surface area contributed by atoms with Gasteiger partial charge in [0.2, 0.25) is 0 Å². The molecule has 0 aliphatic carbocycles. The lowest BCUT2D eigenvalue weighted by Crippen LogP contribution is -2.49. The molecule has 45 heavy (non-hydrogen) atoms. The number of amides is 1. The van der Waals surface area contributed by atoms with Crippen molar-refractivity contribution in [2.24, 2.45) is 5.92 Å². The molecule has 1 saturated heterocycles. The van der Waals surface area contributed by atoms with Gasteiger partial charge >= 0.3 is 13.6 Å². The maximum absolute atomic E-state index is 13.2. The van der Waals surface area contributed by atoms with Crippen molar-refractivity contribution in [3.63, 3.8) is 0 Å². The van der Waals surface area contributed by atoms with Crippen LogP contribution in [0.3, 0.4) is 0 Å². The van der Waals surface area contributed by atoms with Crippen LogP contribution in [0.15, 0.2) is 42.5 Å². The number of hydrogen-bond donors (Lipinski definition) is 2. The van der Waals surface area contributed by atoms with Gasteiger partial charge in [-0.05, 0) is 89.6 Å². The number of carbonyl (C=O) groups excluding carboxylic acids is 1. The number of benzene rings is 3. The van der Waals surface area contributed by atoms with Crippen LogP contribution in [-0.2, 0) is 20.7 Å². The molecule has 6 rings (SSSR count). The number of hydrogen-bond acceptors (Lipinski definition) is 7. The van der Waals surface area contributed by atoms with E-state index in [0.29, 0.717) is 19.8 Å². The third-order valence-corrected chi connectivity index (χ3v) is 9.09. The molecule has 0 saturated carbocycles. The molecule has 2 N–H and O–H groups in total. The number of carbonyl (C=O) groups is 1. The first-order valence-corrected chi connectivity index (χ1v) is 15.6. The summed E-state index contributed by atoms with van der Waals surface area (Å²) in [6, 6.07) is 14.3. The van der Waals surface area contributed by atoms with Gasteiger partial charge in [-0.15, -0.1) is 0 Å². The second kappa shape index (κ2) is 11.3. The van der Waals surface area contributed by atoms with Crippen LogP contribution >= 0.6 is 0 Å². The molecule has 1 aromatic heterocycles. The van der Waals surface area contributed by atoms with Gasteiger partial charge in [0.15, 0.2) is 0 Å². The number of nitrogens with zero attached hydrogens (tertiary/aromatic N) is 2. The van der Waals surface area contributed by atoms with E-state index in [0.717, 1.165) is 62.0 Å². The highest BCUT2D eigenvalue weighted by Crippen LogP contribution is 2.42. The number of likely N-dealkylation sites (tertiary alicyclic amines) is 1. The van der Waals surface area contributed by atoms with Gasteiger partial charge in [-0.1, -0.05) is 29.7 Å². The van der Waals surface area contributed by atoms with Gasteiger partial charge in [0.25, 0.3) is 0 Å². The van der Waals surface area contributed by atoms with Gasteiger partial charge in [-0.3, -0.25) is 4.90 Å². The molecule has 237 valence electrons. The quantitative estimate of drug-likeness (QED) is 0.246. The Hall–Kier alpha value is -3.60. The smallest absolute Gasteiger partial charge is 0.410 e. The lowest BCUT2D eigenvalue weighted by atomic mass is 9.80. The number of ether oxygens (including phenoxy) is 3. The zero-order chi connectivity index (χ0) is 32.3. The van der Waals surface area contributed by atoms with Crippen LogP contribution in [0.25, 0.3) is 32.9 Å². The monoisotopic (exact) mass is 612 g/mol. The van der Waals surface area contributed by atoms with Gasteiger partial charge < -0.3 is 29.0 Å². The largest absolute Gasteiger partial charge is 0.488 e. The molecule has 0 spiro atoms. The van der Waals surface area contributed by atoms with E-state index in [1.165, 1.54) is 0 Å². The minimum absolute atomic E-state index is 0.190. The molecule has 4 aromatic rings. The van der Waals surface area contributed by atoms with Crippen molar-refractivity contribution in [3.05, 3.63) is 53.9 Å². The summed E-state index contributed by atoms with van der Waals surface area (Å²) < 4.78 is 23.5. The molecule has 2 atom stereocenters. The van der Waals surface area contributed by atoms with Crippen LogP contribution in [-0.4, -0.2) is 70.6 Å². The molecular formula is C35H43BN3O6. The number of fused-ring (bicyclic) bond motifs is 6. The normalized spacial score (nSPS) is 18.6. The summed E-state index contributed by atoms with van der Waals surface area (Å²) in [6.45, 7) is 14.4. The van der Waals surface area contributed by atoms with Crippen molar-refractivity contribution in [3.8, 4) is 16.9 Å². The van der Waals surface area contributed by atoms with Crippen LogP contribution in [0.5, 0.6) is 5.75 Å². The molecule has 0 bridgehead atoms. The van der Waals surface area contributed by atoms with Crippen molar-refractivity contribution in [1.29, 1.82) is 0 Å². The molecule has 9 nitrogen and oxygen atoms in total. The minimum atomic E-state index is -0.998. The number of H-pyrrole nitrogens is 1. The number of aromatic amines is 1. The van der Waals surface area contributed by atoms with E-state index in [9.17, 15) is 9.90 Å². The third kappa shape index (κ3) is 6.15. The SMILES string of the molecule is COCC1CC(c2nc3c(ccc4cc5c(cc43)OCc3cc([B]OC(C)(C)C(C)(C)O)ccc3-5)[nH]2)N(C(=O)OC(C)(C)C)C1. The summed E-state index contributed by atoms with van der Waals surface area (Å²) in [5.74, 6) is 1.74. The Bertz CT molecular complexity index is 1750. The topological polar surface area (TPSA) is 106 Å². The molecule has 3 heterocycles. The van der Waals surface area contributed by atoms with E-state index >= 15 is 0 Å². The second-order valence-corrected chi connectivity index (χ2v) is 14.4. The van der Waals surface area contributed by atoms with E-state index < -0.39 is 16.8 Å². The standard InChI is InChI=1S/C35H43BN3O6/c1-33(2,3)44-32(40)39-17-20(18-42-8)13-28(39)31-37-27-12-9-21-15-26-24-11-10-23(36-45-35(6,7)34(4,5)41)14-22(24)19-43-29(26)16-25(21)30(27)38-31/h9-12,14-16,20,28,41H,13,17-19H2,1-8H3,(H,37,38). The van der Waals surface area contributed by atoms with Crippen molar-refractivity contribution in [1.82, 2.24) is 14.9 Å². The number of methoxy groups -OCH3 is 1. The number of imidazole rings is 1. The van der Waals surface area contributed by atoms with Gasteiger partial charge in [-0.2, -0.15) is 0 Å². The summed E-state index contributed by atoms with van der Waals surface area (Å²) in [4.78, 5) is 23.6. The molecule has 2 aliphatic heterocycles.